The zero-order valence-electron chi connectivity index (χ0n) is 11.1. The van der Waals surface area contributed by atoms with Gasteiger partial charge in [0.2, 0.25) is 0 Å². The highest BCUT2D eigenvalue weighted by atomic mass is 32.1. The van der Waals surface area contributed by atoms with E-state index in [2.05, 4.69) is 31.1 Å². The molecule has 0 bridgehead atoms. The highest BCUT2D eigenvalue weighted by Gasteiger charge is 1.94. The van der Waals surface area contributed by atoms with Crippen molar-refractivity contribution in [3.8, 4) is 0 Å². The van der Waals surface area contributed by atoms with Gasteiger partial charge in [-0.3, -0.25) is 0 Å². The molecule has 0 saturated heterocycles. The minimum atomic E-state index is 0.924. The number of aromatic nitrogens is 1. The van der Waals surface area contributed by atoms with Crippen molar-refractivity contribution in [1.82, 2.24) is 4.98 Å². The van der Waals surface area contributed by atoms with Crippen LogP contribution in [-0.4, -0.2) is 18.2 Å². The molecule has 0 fully saturated rings. The van der Waals surface area contributed by atoms with Crippen LogP contribution in [0.3, 0.4) is 0 Å². The van der Waals surface area contributed by atoms with Gasteiger partial charge in [0.05, 0.1) is 5.01 Å². The summed E-state index contributed by atoms with van der Waals surface area (Å²) in [5, 5.41) is 3.38. The van der Waals surface area contributed by atoms with Crippen molar-refractivity contribution in [2.45, 2.75) is 53.4 Å². The first-order chi connectivity index (χ1) is 7.74. The molecule has 1 rings (SSSR count). The maximum Gasteiger partial charge on any atom is 0.0928 e. The molecule has 0 atom stereocenters. The molecule has 0 amide bonds. The van der Waals surface area contributed by atoms with Gasteiger partial charge in [-0.25, -0.2) is 4.98 Å². The van der Waals surface area contributed by atoms with Gasteiger partial charge in [0.15, 0.2) is 0 Å². The Bertz CT molecular complexity index is 244. The first-order valence-corrected chi connectivity index (χ1v) is 7.11. The van der Waals surface area contributed by atoms with Gasteiger partial charge in [0.1, 0.15) is 0 Å². The Morgan fingerprint density at radius 2 is 1.75 bits per heavy atom. The molecule has 0 N–H and O–H groups in total. The standard InChI is InChI=1S/C7H11NS.C6H14O/c1-3-4-7-8-6(2)5-9-7;1-3-5-7-6-4-2/h5H,3-4H2,1-2H3;3-6H2,1-2H3. The van der Waals surface area contributed by atoms with E-state index in [1.54, 1.807) is 11.3 Å². The highest BCUT2D eigenvalue weighted by molar-refractivity contribution is 7.09. The van der Waals surface area contributed by atoms with Crippen molar-refractivity contribution in [2.24, 2.45) is 0 Å². The average molecular weight is 243 g/mol. The smallest absolute Gasteiger partial charge is 0.0928 e. The minimum Gasteiger partial charge on any atom is -0.381 e. The third kappa shape index (κ3) is 8.86. The van der Waals surface area contributed by atoms with Gasteiger partial charge in [0.25, 0.3) is 0 Å². The van der Waals surface area contributed by atoms with Crippen LogP contribution < -0.4 is 0 Å². The summed E-state index contributed by atoms with van der Waals surface area (Å²) >= 11 is 1.76. The highest BCUT2D eigenvalue weighted by Crippen LogP contribution is 2.09. The fourth-order valence-corrected chi connectivity index (χ4v) is 2.00. The van der Waals surface area contributed by atoms with Crippen molar-refractivity contribution in [1.29, 1.82) is 0 Å². The summed E-state index contributed by atoms with van der Waals surface area (Å²) in [6, 6.07) is 0. The van der Waals surface area contributed by atoms with E-state index in [4.69, 9.17) is 4.74 Å². The Kier molecular flexibility index (Phi) is 10.8. The van der Waals surface area contributed by atoms with Crippen molar-refractivity contribution in [2.75, 3.05) is 13.2 Å². The fourth-order valence-electron chi connectivity index (χ4n) is 1.12. The normalized spacial score (nSPS) is 9.75. The molecule has 0 aliphatic heterocycles. The monoisotopic (exact) mass is 243 g/mol. The second-order valence-corrected chi connectivity index (χ2v) is 4.69. The van der Waals surface area contributed by atoms with Crippen LogP contribution in [0.2, 0.25) is 0 Å². The third-order valence-electron chi connectivity index (χ3n) is 1.83. The van der Waals surface area contributed by atoms with E-state index in [-0.39, 0.29) is 0 Å². The summed E-state index contributed by atoms with van der Waals surface area (Å²) in [6.45, 7) is 10.3. The molecule has 1 aromatic heterocycles. The van der Waals surface area contributed by atoms with E-state index < -0.39 is 0 Å². The Morgan fingerprint density at radius 1 is 1.12 bits per heavy atom. The largest absolute Gasteiger partial charge is 0.381 e. The van der Waals surface area contributed by atoms with Gasteiger partial charge in [-0.15, -0.1) is 11.3 Å². The summed E-state index contributed by atoms with van der Waals surface area (Å²) in [7, 11) is 0. The summed E-state index contributed by atoms with van der Waals surface area (Å²) in [5.41, 5.74) is 1.16. The zero-order valence-corrected chi connectivity index (χ0v) is 11.9. The van der Waals surface area contributed by atoms with Gasteiger partial charge in [0, 0.05) is 24.3 Å². The quantitative estimate of drug-likeness (QED) is 0.698. The first kappa shape index (κ1) is 15.6. The topological polar surface area (TPSA) is 22.1 Å². The third-order valence-corrected chi connectivity index (χ3v) is 2.85. The van der Waals surface area contributed by atoms with Crippen LogP contribution in [0.1, 0.15) is 50.7 Å². The Morgan fingerprint density at radius 3 is 2.12 bits per heavy atom. The maximum absolute atomic E-state index is 5.13. The SMILES string of the molecule is CCCOCCC.CCCc1nc(C)cs1. The lowest BCUT2D eigenvalue weighted by Crippen LogP contribution is -1.92. The van der Waals surface area contributed by atoms with Crippen LogP contribution in [0, 0.1) is 6.92 Å². The molecule has 0 aliphatic rings. The van der Waals surface area contributed by atoms with Crippen LogP contribution >= 0.6 is 11.3 Å². The number of rotatable bonds is 6. The number of hydrogen-bond donors (Lipinski definition) is 0. The lowest BCUT2D eigenvalue weighted by Gasteiger charge is -1.95. The molecule has 0 aromatic carbocycles. The number of hydrogen-bond acceptors (Lipinski definition) is 3. The molecule has 1 aromatic rings. The zero-order chi connectivity index (χ0) is 12.2. The van der Waals surface area contributed by atoms with Gasteiger partial charge >= 0.3 is 0 Å². The van der Waals surface area contributed by atoms with Crippen LogP contribution in [0.25, 0.3) is 0 Å². The molecule has 0 saturated carbocycles. The predicted octanol–water partition coefficient (Wildman–Crippen LogP) is 4.23. The van der Waals surface area contributed by atoms with E-state index in [1.165, 1.54) is 11.4 Å². The number of aryl methyl sites for hydroxylation is 2. The molecular formula is C13H25NOS. The molecule has 0 radical (unpaired) electrons. The molecule has 0 aliphatic carbocycles. The fraction of sp³-hybridized carbons (Fsp3) is 0.769. The summed E-state index contributed by atoms with van der Waals surface area (Å²) in [6.07, 6.45) is 4.62. The van der Waals surface area contributed by atoms with E-state index in [9.17, 15) is 0 Å². The van der Waals surface area contributed by atoms with Gasteiger partial charge < -0.3 is 4.74 Å². The molecule has 0 spiro atoms. The number of thiazole rings is 1. The second-order valence-electron chi connectivity index (χ2n) is 3.74. The summed E-state index contributed by atoms with van der Waals surface area (Å²) in [5.74, 6) is 0. The van der Waals surface area contributed by atoms with E-state index in [0.717, 1.165) is 38.2 Å². The molecular weight excluding hydrogens is 218 g/mol. The molecule has 1 heterocycles. The number of ether oxygens (including phenoxy) is 1. The maximum atomic E-state index is 5.13. The second kappa shape index (κ2) is 11.1. The van der Waals surface area contributed by atoms with E-state index in [1.807, 2.05) is 6.92 Å². The first-order valence-electron chi connectivity index (χ1n) is 6.23. The van der Waals surface area contributed by atoms with E-state index in [0.29, 0.717) is 0 Å². The molecule has 0 unspecified atom stereocenters. The Hall–Kier alpha value is -0.410. The van der Waals surface area contributed by atoms with Crippen molar-refractivity contribution < 1.29 is 4.74 Å². The molecule has 94 valence electrons. The van der Waals surface area contributed by atoms with Gasteiger partial charge in [-0.05, 0) is 32.6 Å². The summed E-state index contributed by atoms with van der Waals surface area (Å²) < 4.78 is 5.13. The predicted molar refractivity (Wildman–Crippen MR) is 72.2 cm³/mol. The Balaban J connectivity index is 0.000000293. The van der Waals surface area contributed by atoms with Crippen LogP contribution in [0.5, 0.6) is 0 Å². The van der Waals surface area contributed by atoms with Gasteiger partial charge in [-0.2, -0.15) is 0 Å². The summed E-state index contributed by atoms with van der Waals surface area (Å²) in [4.78, 5) is 4.32. The van der Waals surface area contributed by atoms with Crippen molar-refractivity contribution in [3.05, 3.63) is 16.1 Å². The minimum absolute atomic E-state index is 0.924. The van der Waals surface area contributed by atoms with Crippen molar-refractivity contribution in [3.63, 3.8) is 0 Å². The van der Waals surface area contributed by atoms with Crippen molar-refractivity contribution >= 4 is 11.3 Å². The number of nitrogens with zero attached hydrogens (tertiary/aromatic N) is 1. The molecule has 2 nitrogen and oxygen atoms in total. The van der Waals surface area contributed by atoms with Crippen LogP contribution in [0.4, 0.5) is 0 Å². The lowest BCUT2D eigenvalue weighted by molar-refractivity contribution is 0.135. The van der Waals surface area contributed by atoms with E-state index >= 15 is 0 Å². The van der Waals surface area contributed by atoms with Crippen LogP contribution in [-0.2, 0) is 11.2 Å². The lowest BCUT2D eigenvalue weighted by atomic mass is 10.3. The molecule has 16 heavy (non-hydrogen) atoms. The average Bonchev–Trinajstić information content (AvgIpc) is 2.67. The van der Waals surface area contributed by atoms with Gasteiger partial charge in [-0.1, -0.05) is 20.8 Å². The van der Waals surface area contributed by atoms with Crippen LogP contribution in [0.15, 0.2) is 5.38 Å². The molecule has 3 heteroatoms. The Labute approximate surface area is 104 Å².